The van der Waals surface area contributed by atoms with Crippen molar-refractivity contribution in [2.24, 2.45) is 11.7 Å². The molecule has 0 heterocycles. The predicted octanol–water partition coefficient (Wildman–Crippen LogP) is 3.35. The maximum absolute atomic E-state index is 5.89. The molecule has 0 rings (SSSR count). The Hall–Kier alpha value is -0.0800. The Morgan fingerprint density at radius 1 is 1.00 bits per heavy atom. The Morgan fingerprint density at radius 3 is 2.27 bits per heavy atom. The van der Waals surface area contributed by atoms with Gasteiger partial charge in [-0.1, -0.05) is 46.5 Å². The van der Waals surface area contributed by atoms with E-state index in [0.29, 0.717) is 0 Å². The van der Waals surface area contributed by atoms with Gasteiger partial charge in [-0.3, -0.25) is 0 Å². The van der Waals surface area contributed by atoms with Crippen molar-refractivity contribution in [1.82, 2.24) is 0 Å². The van der Waals surface area contributed by atoms with Gasteiger partial charge in [-0.2, -0.15) is 0 Å². The number of nitrogens with two attached hydrogens (primary N) is 1. The molecule has 2 heteroatoms. The molecular formula is C13H29NO. The summed E-state index contributed by atoms with van der Waals surface area (Å²) in [6, 6.07) is 0.235. The third-order valence-electron chi connectivity index (χ3n) is 2.89. The van der Waals surface area contributed by atoms with Crippen LogP contribution in [0, 0.1) is 5.92 Å². The number of ether oxygens (including phenoxy) is 1. The van der Waals surface area contributed by atoms with Crippen molar-refractivity contribution in [3.63, 3.8) is 0 Å². The summed E-state index contributed by atoms with van der Waals surface area (Å²) in [5, 5.41) is 0. The molecular weight excluding hydrogens is 186 g/mol. The molecule has 0 fully saturated rings. The fourth-order valence-electron chi connectivity index (χ4n) is 1.74. The quantitative estimate of drug-likeness (QED) is 0.606. The summed E-state index contributed by atoms with van der Waals surface area (Å²) in [6.45, 7) is 8.28. The standard InChI is InChI=1S/C13H29NO/c1-4-7-9-12(6-3)10-15-11-13(14)8-5-2/h12-13H,4-11,14H2,1-3H3. The average Bonchev–Trinajstić information content (AvgIpc) is 2.23. The van der Waals surface area contributed by atoms with E-state index in [9.17, 15) is 0 Å². The van der Waals surface area contributed by atoms with Gasteiger partial charge in [0, 0.05) is 12.6 Å². The minimum atomic E-state index is 0.235. The highest BCUT2D eigenvalue weighted by Gasteiger charge is 2.07. The third kappa shape index (κ3) is 8.88. The van der Waals surface area contributed by atoms with Gasteiger partial charge in [-0.25, -0.2) is 0 Å². The first-order valence-corrected chi connectivity index (χ1v) is 6.57. The maximum Gasteiger partial charge on any atom is 0.0617 e. The second-order valence-electron chi connectivity index (χ2n) is 4.50. The van der Waals surface area contributed by atoms with Crippen LogP contribution in [-0.2, 0) is 4.74 Å². The highest BCUT2D eigenvalue weighted by molar-refractivity contribution is 4.60. The van der Waals surface area contributed by atoms with Crippen LogP contribution in [0.4, 0.5) is 0 Å². The normalized spacial score (nSPS) is 15.2. The van der Waals surface area contributed by atoms with E-state index >= 15 is 0 Å². The van der Waals surface area contributed by atoms with Gasteiger partial charge in [0.1, 0.15) is 0 Å². The largest absolute Gasteiger partial charge is 0.380 e. The van der Waals surface area contributed by atoms with Crippen LogP contribution in [0.5, 0.6) is 0 Å². The molecule has 2 nitrogen and oxygen atoms in total. The van der Waals surface area contributed by atoms with Crippen molar-refractivity contribution >= 4 is 0 Å². The van der Waals surface area contributed by atoms with E-state index in [-0.39, 0.29) is 6.04 Å². The molecule has 0 radical (unpaired) electrons. The zero-order chi connectivity index (χ0) is 11.5. The number of hydrogen-bond acceptors (Lipinski definition) is 2. The first kappa shape index (κ1) is 14.9. The first-order chi connectivity index (χ1) is 7.24. The fourth-order valence-corrected chi connectivity index (χ4v) is 1.74. The van der Waals surface area contributed by atoms with Crippen LogP contribution in [-0.4, -0.2) is 19.3 Å². The molecule has 2 atom stereocenters. The second kappa shape index (κ2) is 10.4. The SMILES string of the molecule is CCCCC(CC)COCC(N)CCC. The van der Waals surface area contributed by atoms with Crippen LogP contribution < -0.4 is 5.73 Å². The molecule has 0 aromatic heterocycles. The Morgan fingerprint density at radius 2 is 1.73 bits per heavy atom. The van der Waals surface area contributed by atoms with Crippen molar-refractivity contribution in [3.05, 3.63) is 0 Å². The molecule has 2 unspecified atom stereocenters. The van der Waals surface area contributed by atoms with E-state index in [1.54, 1.807) is 0 Å². The van der Waals surface area contributed by atoms with Crippen molar-refractivity contribution < 1.29 is 4.74 Å². The van der Waals surface area contributed by atoms with Gasteiger partial charge >= 0.3 is 0 Å². The summed E-state index contributed by atoms with van der Waals surface area (Å²) in [6.07, 6.45) is 7.36. The van der Waals surface area contributed by atoms with Crippen LogP contribution >= 0.6 is 0 Å². The zero-order valence-corrected chi connectivity index (χ0v) is 10.8. The minimum Gasteiger partial charge on any atom is -0.380 e. The van der Waals surface area contributed by atoms with Crippen molar-refractivity contribution in [2.75, 3.05) is 13.2 Å². The van der Waals surface area contributed by atoms with Gasteiger partial charge in [-0.05, 0) is 18.8 Å². The lowest BCUT2D eigenvalue weighted by atomic mass is 10.0. The summed E-state index contributed by atoms with van der Waals surface area (Å²) in [4.78, 5) is 0. The van der Waals surface area contributed by atoms with Gasteiger partial charge in [0.15, 0.2) is 0 Å². The molecule has 0 aliphatic heterocycles. The van der Waals surface area contributed by atoms with E-state index in [0.717, 1.165) is 32.0 Å². The molecule has 0 spiro atoms. The summed E-state index contributed by atoms with van der Waals surface area (Å²) < 4.78 is 5.67. The highest BCUT2D eigenvalue weighted by Crippen LogP contribution is 2.12. The van der Waals surface area contributed by atoms with E-state index in [2.05, 4.69) is 20.8 Å². The lowest BCUT2D eigenvalue weighted by molar-refractivity contribution is 0.0822. The van der Waals surface area contributed by atoms with Crippen LogP contribution in [0.15, 0.2) is 0 Å². The van der Waals surface area contributed by atoms with Crippen LogP contribution in [0.2, 0.25) is 0 Å². The Labute approximate surface area is 95.6 Å². The third-order valence-corrected chi connectivity index (χ3v) is 2.89. The van der Waals surface area contributed by atoms with Gasteiger partial charge in [0.2, 0.25) is 0 Å². The Kier molecular flexibility index (Phi) is 10.4. The predicted molar refractivity (Wildman–Crippen MR) is 67.0 cm³/mol. The highest BCUT2D eigenvalue weighted by atomic mass is 16.5. The lowest BCUT2D eigenvalue weighted by Crippen LogP contribution is -2.27. The zero-order valence-electron chi connectivity index (χ0n) is 10.8. The number of rotatable bonds is 10. The van der Waals surface area contributed by atoms with Crippen LogP contribution in [0.3, 0.4) is 0 Å². The van der Waals surface area contributed by atoms with E-state index in [1.807, 2.05) is 0 Å². The van der Waals surface area contributed by atoms with Crippen LogP contribution in [0.1, 0.15) is 59.3 Å². The molecule has 0 aliphatic carbocycles. The summed E-state index contributed by atoms with van der Waals surface area (Å²) in [5.74, 6) is 0.735. The molecule has 0 amide bonds. The van der Waals surface area contributed by atoms with Gasteiger partial charge in [-0.15, -0.1) is 0 Å². The first-order valence-electron chi connectivity index (χ1n) is 6.57. The molecule has 0 aliphatic rings. The Bertz CT molecular complexity index is 128. The molecule has 15 heavy (non-hydrogen) atoms. The summed E-state index contributed by atoms with van der Waals surface area (Å²) in [7, 11) is 0. The van der Waals surface area contributed by atoms with Gasteiger partial charge in [0.05, 0.1) is 6.61 Å². The summed E-state index contributed by atoms with van der Waals surface area (Å²) >= 11 is 0. The van der Waals surface area contributed by atoms with Gasteiger partial charge in [0.25, 0.3) is 0 Å². The molecule has 0 aromatic rings. The van der Waals surface area contributed by atoms with Crippen LogP contribution in [0.25, 0.3) is 0 Å². The molecule has 2 N–H and O–H groups in total. The van der Waals surface area contributed by atoms with Crippen molar-refractivity contribution in [3.8, 4) is 0 Å². The molecule has 0 bridgehead atoms. The fraction of sp³-hybridized carbons (Fsp3) is 1.00. The summed E-state index contributed by atoms with van der Waals surface area (Å²) in [5.41, 5.74) is 5.89. The Balaban J connectivity index is 3.44. The van der Waals surface area contributed by atoms with E-state index in [4.69, 9.17) is 10.5 Å². The van der Waals surface area contributed by atoms with Crippen molar-refractivity contribution in [1.29, 1.82) is 0 Å². The van der Waals surface area contributed by atoms with E-state index in [1.165, 1.54) is 25.7 Å². The molecule has 0 saturated carbocycles. The smallest absolute Gasteiger partial charge is 0.0617 e. The van der Waals surface area contributed by atoms with Gasteiger partial charge < -0.3 is 10.5 Å². The number of hydrogen-bond donors (Lipinski definition) is 1. The van der Waals surface area contributed by atoms with Crippen molar-refractivity contribution in [2.45, 2.75) is 65.3 Å². The molecule has 92 valence electrons. The maximum atomic E-state index is 5.89. The minimum absolute atomic E-state index is 0.235. The van der Waals surface area contributed by atoms with E-state index < -0.39 is 0 Å². The second-order valence-corrected chi connectivity index (χ2v) is 4.50. The monoisotopic (exact) mass is 215 g/mol. The molecule has 0 aromatic carbocycles. The molecule has 0 saturated heterocycles. The average molecular weight is 215 g/mol. The topological polar surface area (TPSA) is 35.2 Å². The lowest BCUT2D eigenvalue weighted by Gasteiger charge is -2.16. The number of unbranched alkanes of at least 4 members (excludes halogenated alkanes) is 1.